The molecular weight excluding hydrogens is 304 g/mol. The van der Waals surface area contributed by atoms with Gasteiger partial charge in [-0.15, -0.1) is 0 Å². The molecule has 0 bridgehead atoms. The lowest BCUT2D eigenvalue weighted by atomic mass is 9.78. The molecule has 3 aliphatic rings. The summed E-state index contributed by atoms with van der Waals surface area (Å²) in [6, 6.07) is 0. The molecule has 2 saturated heterocycles. The molecular formula is C16H22O7. The zero-order chi connectivity index (χ0) is 16.9. The van der Waals surface area contributed by atoms with E-state index in [2.05, 4.69) is 0 Å². The van der Waals surface area contributed by atoms with Crippen molar-refractivity contribution in [2.24, 2.45) is 11.8 Å². The fraction of sp³-hybridized carbons (Fsp3) is 0.750. The number of allylic oxidation sites excluding steroid dienone is 1. The summed E-state index contributed by atoms with van der Waals surface area (Å²) >= 11 is 0. The number of hydrogen-bond donors (Lipinski definition) is 2. The Labute approximate surface area is 134 Å². The van der Waals surface area contributed by atoms with Crippen LogP contribution in [0, 0.1) is 11.8 Å². The van der Waals surface area contributed by atoms with Gasteiger partial charge in [0.25, 0.3) is 0 Å². The van der Waals surface area contributed by atoms with Gasteiger partial charge in [-0.1, -0.05) is 13.0 Å². The summed E-state index contributed by atoms with van der Waals surface area (Å²) in [6.07, 6.45) is -0.987. The highest BCUT2D eigenvalue weighted by Crippen LogP contribution is 2.50. The molecule has 3 rings (SSSR count). The van der Waals surface area contributed by atoms with Crippen LogP contribution in [0.25, 0.3) is 0 Å². The molecule has 7 heteroatoms. The molecule has 23 heavy (non-hydrogen) atoms. The average Bonchev–Trinajstić information content (AvgIpc) is 3.10. The van der Waals surface area contributed by atoms with E-state index >= 15 is 0 Å². The number of methoxy groups -OCH3 is 1. The van der Waals surface area contributed by atoms with Crippen LogP contribution in [0.1, 0.15) is 26.7 Å². The van der Waals surface area contributed by atoms with E-state index in [1.54, 1.807) is 13.0 Å². The Morgan fingerprint density at radius 2 is 2.13 bits per heavy atom. The van der Waals surface area contributed by atoms with E-state index in [9.17, 15) is 19.8 Å². The van der Waals surface area contributed by atoms with Crippen molar-refractivity contribution in [2.45, 2.75) is 56.7 Å². The first-order valence-corrected chi connectivity index (χ1v) is 7.83. The van der Waals surface area contributed by atoms with Crippen molar-refractivity contribution in [3.8, 4) is 0 Å². The molecule has 0 aromatic carbocycles. The quantitative estimate of drug-likeness (QED) is 0.513. The highest BCUT2D eigenvalue weighted by atomic mass is 16.6. The minimum absolute atomic E-state index is 0.00741. The number of fused-ring (bicyclic) bond motifs is 3. The molecule has 0 spiro atoms. The highest BCUT2D eigenvalue weighted by molar-refractivity contribution is 5.89. The molecule has 7 atom stereocenters. The number of carbonyl (C=O) groups is 2. The Bertz CT molecular complexity index is 557. The maximum atomic E-state index is 12.0. The number of ether oxygens (including phenoxy) is 3. The molecule has 1 aliphatic carbocycles. The molecule has 0 aromatic heterocycles. The van der Waals surface area contributed by atoms with E-state index in [0.29, 0.717) is 12.8 Å². The molecule has 0 unspecified atom stereocenters. The van der Waals surface area contributed by atoms with Crippen LogP contribution < -0.4 is 0 Å². The minimum atomic E-state index is -1.44. The van der Waals surface area contributed by atoms with E-state index in [-0.39, 0.29) is 11.7 Å². The standard InChI is InChI=1S/C16H22O7/c1-7-9-11(18)10(17)8(15(20)21-3)5-4-6-16(2)13(23-16)12(9)22-14(7)19/h5,7,9-13,17-18H,4,6H2,1-3H3/b8-5+/t7-,9+,10-,11+,12-,13-,16+/m0/s1. The number of aliphatic hydroxyl groups is 2. The Morgan fingerprint density at radius 1 is 1.43 bits per heavy atom. The zero-order valence-electron chi connectivity index (χ0n) is 13.4. The number of esters is 2. The largest absolute Gasteiger partial charge is 0.466 e. The maximum absolute atomic E-state index is 12.0. The van der Waals surface area contributed by atoms with Crippen molar-refractivity contribution in [3.63, 3.8) is 0 Å². The van der Waals surface area contributed by atoms with E-state index in [1.807, 2.05) is 6.92 Å². The molecule has 0 radical (unpaired) electrons. The molecule has 2 N–H and O–H groups in total. The zero-order valence-corrected chi connectivity index (χ0v) is 13.4. The highest BCUT2D eigenvalue weighted by Gasteiger charge is 2.64. The molecule has 128 valence electrons. The number of rotatable bonds is 1. The first kappa shape index (κ1) is 16.4. The summed E-state index contributed by atoms with van der Waals surface area (Å²) in [4.78, 5) is 23.9. The molecule has 0 aromatic rings. The van der Waals surface area contributed by atoms with Crippen molar-refractivity contribution in [1.29, 1.82) is 0 Å². The van der Waals surface area contributed by atoms with Gasteiger partial charge in [-0.2, -0.15) is 0 Å². The lowest BCUT2D eigenvalue weighted by Crippen LogP contribution is -2.45. The number of carbonyl (C=O) groups excluding carboxylic acids is 2. The third-order valence-electron chi connectivity index (χ3n) is 5.28. The van der Waals surface area contributed by atoms with Crippen molar-refractivity contribution in [3.05, 3.63) is 11.6 Å². The van der Waals surface area contributed by atoms with Crippen LogP contribution in [0.4, 0.5) is 0 Å². The monoisotopic (exact) mass is 326 g/mol. The normalized spacial score (nSPS) is 48.4. The van der Waals surface area contributed by atoms with Gasteiger partial charge >= 0.3 is 11.9 Å². The van der Waals surface area contributed by atoms with Gasteiger partial charge in [-0.25, -0.2) is 4.79 Å². The third kappa shape index (κ3) is 2.56. The number of aliphatic hydroxyl groups excluding tert-OH is 2. The Hall–Kier alpha value is -1.44. The molecule has 2 aliphatic heterocycles. The topological polar surface area (TPSA) is 106 Å². The second-order valence-corrected chi connectivity index (χ2v) is 6.74. The smallest absolute Gasteiger partial charge is 0.336 e. The molecule has 2 fully saturated rings. The average molecular weight is 326 g/mol. The predicted octanol–water partition coefficient (Wildman–Crippen LogP) is -0.0634. The van der Waals surface area contributed by atoms with E-state index in [0.717, 1.165) is 0 Å². The summed E-state index contributed by atoms with van der Waals surface area (Å²) in [7, 11) is 1.22. The van der Waals surface area contributed by atoms with Gasteiger partial charge in [0.2, 0.25) is 0 Å². The lowest BCUT2D eigenvalue weighted by Gasteiger charge is -2.29. The number of hydrogen-bond acceptors (Lipinski definition) is 7. The predicted molar refractivity (Wildman–Crippen MR) is 77.2 cm³/mol. The summed E-state index contributed by atoms with van der Waals surface area (Å²) in [6.45, 7) is 3.57. The Balaban J connectivity index is 1.98. The minimum Gasteiger partial charge on any atom is -0.466 e. The molecule has 0 amide bonds. The van der Waals surface area contributed by atoms with Crippen molar-refractivity contribution in [1.82, 2.24) is 0 Å². The van der Waals surface area contributed by atoms with Crippen molar-refractivity contribution >= 4 is 11.9 Å². The molecule has 0 saturated carbocycles. The second kappa shape index (κ2) is 5.58. The first-order valence-electron chi connectivity index (χ1n) is 7.83. The Kier molecular flexibility index (Phi) is 3.98. The summed E-state index contributed by atoms with van der Waals surface area (Å²) in [5.41, 5.74) is -0.444. The van der Waals surface area contributed by atoms with Crippen LogP contribution in [0.5, 0.6) is 0 Å². The van der Waals surface area contributed by atoms with Gasteiger partial charge in [-0.3, -0.25) is 4.79 Å². The number of epoxide rings is 1. The molecule has 7 nitrogen and oxygen atoms in total. The lowest BCUT2D eigenvalue weighted by molar-refractivity contribution is -0.145. The van der Waals surface area contributed by atoms with Gasteiger partial charge in [0.1, 0.15) is 18.3 Å². The van der Waals surface area contributed by atoms with Gasteiger partial charge in [-0.05, 0) is 19.8 Å². The van der Waals surface area contributed by atoms with Gasteiger partial charge < -0.3 is 24.4 Å². The third-order valence-corrected chi connectivity index (χ3v) is 5.28. The fourth-order valence-corrected chi connectivity index (χ4v) is 3.74. The van der Waals surface area contributed by atoms with Gasteiger partial charge in [0.05, 0.1) is 30.3 Å². The van der Waals surface area contributed by atoms with Crippen LogP contribution in [-0.4, -0.2) is 59.3 Å². The second-order valence-electron chi connectivity index (χ2n) is 6.74. The van der Waals surface area contributed by atoms with Crippen molar-refractivity contribution in [2.75, 3.05) is 7.11 Å². The van der Waals surface area contributed by atoms with Crippen molar-refractivity contribution < 1.29 is 34.0 Å². The van der Waals surface area contributed by atoms with Crippen LogP contribution in [0.3, 0.4) is 0 Å². The summed E-state index contributed by atoms with van der Waals surface area (Å²) in [5.74, 6) is -2.34. The van der Waals surface area contributed by atoms with Crippen LogP contribution in [0.2, 0.25) is 0 Å². The van der Waals surface area contributed by atoms with E-state index in [4.69, 9.17) is 14.2 Å². The van der Waals surface area contributed by atoms with Crippen LogP contribution >= 0.6 is 0 Å². The summed E-state index contributed by atoms with van der Waals surface area (Å²) < 4.78 is 15.8. The van der Waals surface area contributed by atoms with E-state index in [1.165, 1.54) is 7.11 Å². The van der Waals surface area contributed by atoms with Gasteiger partial charge in [0, 0.05) is 5.92 Å². The SMILES string of the molecule is COC(=O)/C1=C/CC[C@@]2(C)O[C@H]2[C@H]2OC(=O)[C@@H](C)[C@@H]2[C@@H](O)[C@H]1O. The Morgan fingerprint density at radius 3 is 2.78 bits per heavy atom. The van der Waals surface area contributed by atoms with Gasteiger partial charge in [0.15, 0.2) is 0 Å². The molecule has 2 heterocycles. The van der Waals surface area contributed by atoms with Crippen LogP contribution in [-0.2, 0) is 23.8 Å². The fourth-order valence-electron chi connectivity index (χ4n) is 3.74. The van der Waals surface area contributed by atoms with E-state index < -0.39 is 47.7 Å². The first-order chi connectivity index (χ1) is 10.8. The maximum Gasteiger partial charge on any atom is 0.336 e. The van der Waals surface area contributed by atoms with Crippen LogP contribution in [0.15, 0.2) is 11.6 Å². The summed E-state index contributed by atoms with van der Waals surface area (Å²) in [5, 5.41) is 21.1.